The van der Waals surface area contributed by atoms with Crippen molar-refractivity contribution in [3.63, 3.8) is 0 Å². The third kappa shape index (κ3) is 4.61. The highest BCUT2D eigenvalue weighted by Crippen LogP contribution is 2.51. The summed E-state index contributed by atoms with van der Waals surface area (Å²) in [5.41, 5.74) is 2.39. The molecule has 2 unspecified atom stereocenters. The van der Waals surface area contributed by atoms with Crippen LogP contribution >= 0.6 is 11.6 Å². The van der Waals surface area contributed by atoms with Crippen LogP contribution < -0.4 is 9.62 Å². The smallest absolute Gasteiger partial charge is 0.240 e. The minimum atomic E-state index is -3.73. The molecular weight excluding hydrogens is 488 g/mol. The number of methoxy groups -OCH3 is 1. The normalized spacial score (nSPS) is 21.7. The maximum atomic E-state index is 12.9. The van der Waals surface area contributed by atoms with Crippen LogP contribution in [0.5, 0.6) is 0 Å². The molecule has 1 aromatic heterocycles. The lowest BCUT2D eigenvalue weighted by Crippen LogP contribution is -2.62. The molecule has 35 heavy (non-hydrogen) atoms. The molecule has 186 valence electrons. The molecular formula is C26H29ClN2O5S. The number of halogens is 1. The lowest BCUT2D eigenvalue weighted by atomic mass is 9.58. The van der Waals surface area contributed by atoms with Crippen LogP contribution in [0.25, 0.3) is 11.3 Å². The first-order valence-electron chi connectivity index (χ1n) is 11.7. The summed E-state index contributed by atoms with van der Waals surface area (Å²) in [4.78, 5) is 2.27. The highest BCUT2D eigenvalue weighted by molar-refractivity contribution is 7.89. The number of nitrogens with one attached hydrogen (secondary N) is 1. The van der Waals surface area contributed by atoms with Crippen molar-refractivity contribution < 1.29 is 22.7 Å². The zero-order valence-corrected chi connectivity index (χ0v) is 21.1. The molecule has 2 aromatic carbocycles. The number of nitrogens with zero attached hydrogens (tertiary/aromatic N) is 1. The molecule has 2 N–H and O–H groups in total. The summed E-state index contributed by atoms with van der Waals surface area (Å²) >= 11 is 6.54. The van der Waals surface area contributed by atoms with Gasteiger partial charge in [-0.25, -0.2) is 13.1 Å². The van der Waals surface area contributed by atoms with E-state index in [9.17, 15) is 13.5 Å². The summed E-state index contributed by atoms with van der Waals surface area (Å²) in [5, 5.41) is 10.7. The van der Waals surface area contributed by atoms with E-state index in [0.29, 0.717) is 11.4 Å². The van der Waals surface area contributed by atoms with Crippen LogP contribution in [0.3, 0.4) is 0 Å². The average molecular weight is 517 g/mol. The average Bonchev–Trinajstić information content (AvgIpc) is 3.41. The van der Waals surface area contributed by atoms with E-state index < -0.39 is 10.0 Å². The first-order valence-corrected chi connectivity index (χ1v) is 13.6. The van der Waals surface area contributed by atoms with Crippen molar-refractivity contribution in [3.8, 4) is 11.3 Å². The van der Waals surface area contributed by atoms with Gasteiger partial charge in [0.1, 0.15) is 5.76 Å². The Balaban J connectivity index is 1.22. The van der Waals surface area contributed by atoms with Gasteiger partial charge in [-0.3, -0.25) is 0 Å². The third-order valence-electron chi connectivity index (χ3n) is 7.52. The molecule has 1 saturated heterocycles. The number of anilines is 1. The molecule has 1 aliphatic heterocycles. The molecule has 0 bridgehead atoms. The van der Waals surface area contributed by atoms with Crippen LogP contribution in [-0.4, -0.2) is 45.9 Å². The van der Waals surface area contributed by atoms with Gasteiger partial charge in [0.25, 0.3) is 0 Å². The van der Waals surface area contributed by atoms with Gasteiger partial charge in [0.2, 0.25) is 10.0 Å². The fraction of sp³-hybridized carbons (Fsp3) is 0.385. The van der Waals surface area contributed by atoms with Gasteiger partial charge in [-0.1, -0.05) is 35.9 Å². The van der Waals surface area contributed by atoms with E-state index in [1.807, 2.05) is 36.4 Å². The van der Waals surface area contributed by atoms with Crippen LogP contribution in [0.4, 0.5) is 5.69 Å². The number of aliphatic hydroxyl groups is 1. The second kappa shape index (κ2) is 9.59. The van der Waals surface area contributed by atoms with Gasteiger partial charge in [0, 0.05) is 44.1 Å². The number of sulfonamides is 1. The molecule has 7 nitrogen and oxygen atoms in total. The Morgan fingerprint density at radius 1 is 1.17 bits per heavy atom. The number of furan rings is 1. The summed E-state index contributed by atoms with van der Waals surface area (Å²) in [5.74, 6) is 0.762. The molecule has 0 radical (unpaired) electrons. The molecule has 1 spiro atoms. The van der Waals surface area contributed by atoms with Crippen molar-refractivity contribution in [2.24, 2.45) is 5.41 Å². The number of hydrogen-bond donors (Lipinski definition) is 2. The van der Waals surface area contributed by atoms with E-state index in [1.165, 1.54) is 6.07 Å². The minimum Gasteiger partial charge on any atom is -0.464 e. The van der Waals surface area contributed by atoms with E-state index in [0.717, 1.165) is 48.5 Å². The van der Waals surface area contributed by atoms with E-state index in [2.05, 4.69) is 9.62 Å². The largest absolute Gasteiger partial charge is 0.464 e. The standard InChI is InChI=1S/C26H29ClN2O5S/c1-33-25-16-24(30)26(25)10-12-29(13-11-26)22-9-8-20(15-21(22)27)35(31,32)28-17-18-4-6-19(7-5-18)23-3-2-14-34-23/h2-9,14-15,24-25,28,30H,10-13,16-17H2,1H3. The van der Waals surface area contributed by atoms with Crippen LogP contribution in [0.15, 0.2) is 70.2 Å². The predicted octanol–water partition coefficient (Wildman–Crippen LogP) is 4.44. The molecule has 2 heterocycles. The quantitative estimate of drug-likeness (QED) is 0.482. The summed E-state index contributed by atoms with van der Waals surface area (Å²) in [6, 6.07) is 16.1. The molecule has 9 heteroatoms. The van der Waals surface area contributed by atoms with Crippen molar-refractivity contribution >= 4 is 27.3 Å². The van der Waals surface area contributed by atoms with Crippen molar-refractivity contribution in [2.75, 3.05) is 25.1 Å². The second-order valence-electron chi connectivity index (χ2n) is 9.31. The summed E-state index contributed by atoms with van der Waals surface area (Å²) in [7, 11) is -2.04. The van der Waals surface area contributed by atoms with Gasteiger partial charge in [-0.2, -0.15) is 0 Å². The fourth-order valence-electron chi connectivity index (χ4n) is 5.28. The Kier molecular flexibility index (Phi) is 6.67. The third-order valence-corrected chi connectivity index (χ3v) is 9.22. The maximum absolute atomic E-state index is 12.9. The van der Waals surface area contributed by atoms with Crippen molar-refractivity contribution in [2.45, 2.75) is 42.9 Å². The Hall–Kier alpha value is -2.36. The Labute approximate surface area is 210 Å². The van der Waals surface area contributed by atoms with E-state index in [4.69, 9.17) is 20.8 Å². The minimum absolute atomic E-state index is 0.0926. The number of ether oxygens (including phenoxy) is 1. The number of aliphatic hydroxyl groups excluding tert-OH is 1. The molecule has 2 atom stereocenters. The molecule has 2 aliphatic rings. The van der Waals surface area contributed by atoms with Gasteiger partial charge in [-0.15, -0.1) is 0 Å². The van der Waals surface area contributed by atoms with Crippen LogP contribution in [0.1, 0.15) is 24.8 Å². The Morgan fingerprint density at radius 2 is 1.91 bits per heavy atom. The highest BCUT2D eigenvalue weighted by Gasteiger charge is 2.55. The van der Waals surface area contributed by atoms with Crippen LogP contribution in [0, 0.1) is 5.41 Å². The van der Waals surface area contributed by atoms with E-state index in [-0.39, 0.29) is 29.1 Å². The zero-order valence-electron chi connectivity index (χ0n) is 19.5. The van der Waals surface area contributed by atoms with E-state index in [1.54, 1.807) is 25.5 Å². The summed E-state index contributed by atoms with van der Waals surface area (Å²) in [6.07, 6.45) is 3.68. The Bertz CT molecular complexity index is 1270. The summed E-state index contributed by atoms with van der Waals surface area (Å²) < 4.78 is 39.4. The molecule has 1 saturated carbocycles. The highest BCUT2D eigenvalue weighted by atomic mass is 35.5. The predicted molar refractivity (Wildman–Crippen MR) is 135 cm³/mol. The van der Waals surface area contributed by atoms with Crippen LogP contribution in [0.2, 0.25) is 5.02 Å². The molecule has 1 aliphatic carbocycles. The monoisotopic (exact) mass is 516 g/mol. The number of hydrogen-bond acceptors (Lipinski definition) is 6. The van der Waals surface area contributed by atoms with E-state index >= 15 is 0 Å². The number of piperidine rings is 1. The number of benzene rings is 2. The van der Waals surface area contributed by atoms with Crippen molar-refractivity contribution in [3.05, 3.63) is 71.4 Å². The zero-order chi connectivity index (χ0) is 24.6. The molecule has 5 rings (SSSR count). The van der Waals surface area contributed by atoms with Crippen LogP contribution in [-0.2, 0) is 21.3 Å². The number of rotatable bonds is 7. The summed E-state index contributed by atoms with van der Waals surface area (Å²) in [6.45, 7) is 1.63. The first kappa shape index (κ1) is 24.3. The second-order valence-corrected chi connectivity index (χ2v) is 11.5. The lowest BCUT2D eigenvalue weighted by molar-refractivity contribution is -0.190. The van der Waals surface area contributed by atoms with Gasteiger partial charge < -0.3 is 19.2 Å². The van der Waals surface area contributed by atoms with Crippen molar-refractivity contribution in [1.29, 1.82) is 0 Å². The first-order chi connectivity index (χ1) is 16.8. The molecule has 2 fully saturated rings. The Morgan fingerprint density at radius 3 is 2.51 bits per heavy atom. The SMILES string of the molecule is COC1CC(O)C12CCN(c1ccc(S(=O)(=O)NCc3ccc(-c4ccco4)cc3)cc1Cl)CC2. The fourth-order valence-corrected chi connectivity index (χ4v) is 6.69. The maximum Gasteiger partial charge on any atom is 0.240 e. The van der Waals surface area contributed by atoms with Crippen molar-refractivity contribution in [1.82, 2.24) is 4.72 Å². The molecule has 3 aromatic rings. The molecule has 0 amide bonds. The van der Waals surface area contributed by atoms with Gasteiger partial charge in [0.15, 0.2) is 0 Å². The lowest BCUT2D eigenvalue weighted by Gasteiger charge is -2.56. The topological polar surface area (TPSA) is 92.0 Å². The van der Waals surface area contributed by atoms with Gasteiger partial charge in [0.05, 0.1) is 34.1 Å². The van der Waals surface area contributed by atoms with Gasteiger partial charge in [-0.05, 0) is 48.7 Å². The van der Waals surface area contributed by atoms with Gasteiger partial charge >= 0.3 is 0 Å².